The third kappa shape index (κ3) is 3.16. The summed E-state index contributed by atoms with van der Waals surface area (Å²) in [6.45, 7) is 0. The number of urea groups is 1. The van der Waals surface area contributed by atoms with E-state index in [-0.39, 0.29) is 10.6 Å². The number of benzene rings is 2. The maximum absolute atomic E-state index is 13.4. The van der Waals surface area contributed by atoms with E-state index in [1.165, 1.54) is 6.07 Å². The number of carboxylic acids is 1. The molecule has 2 aromatic carbocycles. The molecule has 0 spiro atoms. The van der Waals surface area contributed by atoms with Gasteiger partial charge in [0, 0.05) is 10.8 Å². The Kier molecular flexibility index (Phi) is 4.87. The molecule has 154 valence electrons. The molecule has 0 unspecified atom stereocenters. The lowest BCUT2D eigenvalue weighted by Crippen LogP contribution is -2.53. The van der Waals surface area contributed by atoms with Gasteiger partial charge in [-0.2, -0.15) is 4.31 Å². The van der Waals surface area contributed by atoms with Crippen LogP contribution in [0.1, 0.15) is 17.9 Å². The van der Waals surface area contributed by atoms with Crippen molar-refractivity contribution in [2.75, 3.05) is 0 Å². The van der Waals surface area contributed by atoms with Gasteiger partial charge in [-0.3, -0.25) is 0 Å². The third-order valence-corrected chi connectivity index (χ3v) is 8.64. The second-order valence-electron chi connectivity index (χ2n) is 6.99. The Labute approximate surface area is 177 Å². The normalized spacial score (nSPS) is 20.5. The zero-order chi connectivity index (χ0) is 21.5. The minimum atomic E-state index is -4.47. The number of nitrogens with two attached hydrogens (primary N) is 1. The van der Waals surface area contributed by atoms with E-state index in [4.69, 9.17) is 5.73 Å². The van der Waals surface area contributed by atoms with E-state index in [1.807, 2.05) is 30.3 Å². The second-order valence-corrected chi connectivity index (χ2v) is 10.1. The Morgan fingerprint density at radius 3 is 2.17 bits per heavy atom. The number of thiophene rings is 1. The minimum absolute atomic E-state index is 0.0363. The first kappa shape index (κ1) is 20.1. The average Bonchev–Trinajstić information content (AvgIpc) is 3.25. The van der Waals surface area contributed by atoms with Gasteiger partial charge < -0.3 is 10.8 Å². The highest BCUT2D eigenvalue weighted by Crippen LogP contribution is 2.57. The number of carboxylic acid groups (broad SMARTS) is 1. The number of primary amides is 1. The molecule has 3 N–H and O–H groups in total. The minimum Gasteiger partial charge on any atom is -0.479 e. The number of carbonyl (C=O) groups is 2. The molecule has 4 rings (SSSR count). The Morgan fingerprint density at radius 2 is 1.60 bits per heavy atom. The predicted octanol–water partition coefficient (Wildman–Crippen LogP) is 3.50. The summed E-state index contributed by atoms with van der Waals surface area (Å²) in [6, 6.07) is 19.5. The molecule has 2 atom stereocenters. The molecule has 2 amide bonds. The lowest BCUT2D eigenvalue weighted by atomic mass is 10.1. The molecule has 3 aromatic rings. The molecule has 0 radical (unpaired) electrons. The standard InChI is InChI=1S/C21H18N2O5S2/c22-20(26)23(21(19(24)25)13-16(21)14-7-3-1-4-8-14)30(27,28)18-12-11-17(29-18)15-9-5-2-6-10-15/h1-12,16H,13H2,(H2,22,26)(H,24,25)/t16-,21+/m0/s1. The Morgan fingerprint density at radius 1 is 1.00 bits per heavy atom. The summed E-state index contributed by atoms with van der Waals surface area (Å²) < 4.78 is 26.9. The molecule has 30 heavy (non-hydrogen) atoms. The Balaban J connectivity index is 1.76. The van der Waals surface area contributed by atoms with Crippen molar-refractivity contribution in [3.63, 3.8) is 0 Å². The van der Waals surface area contributed by atoms with Crippen LogP contribution >= 0.6 is 11.3 Å². The van der Waals surface area contributed by atoms with Gasteiger partial charge >= 0.3 is 12.0 Å². The van der Waals surface area contributed by atoms with Crippen LogP contribution in [0, 0.1) is 0 Å². The molecule has 0 bridgehead atoms. The highest BCUT2D eigenvalue weighted by molar-refractivity contribution is 7.91. The maximum Gasteiger partial charge on any atom is 0.331 e. The van der Waals surface area contributed by atoms with E-state index in [2.05, 4.69) is 0 Å². The van der Waals surface area contributed by atoms with Gasteiger partial charge in [-0.1, -0.05) is 60.7 Å². The first-order valence-electron chi connectivity index (χ1n) is 9.07. The van der Waals surface area contributed by atoms with Gasteiger partial charge in [-0.05, 0) is 29.7 Å². The van der Waals surface area contributed by atoms with E-state index in [0.29, 0.717) is 14.7 Å². The summed E-state index contributed by atoms with van der Waals surface area (Å²) in [5.74, 6) is -2.08. The molecule has 9 heteroatoms. The summed E-state index contributed by atoms with van der Waals surface area (Å²) in [7, 11) is -4.47. The fourth-order valence-corrected chi connectivity index (χ4v) is 6.74. The van der Waals surface area contributed by atoms with Crippen molar-refractivity contribution in [1.29, 1.82) is 0 Å². The summed E-state index contributed by atoms with van der Waals surface area (Å²) in [5, 5.41) is 9.94. The smallest absolute Gasteiger partial charge is 0.331 e. The molecule has 0 aliphatic heterocycles. The topological polar surface area (TPSA) is 118 Å². The van der Waals surface area contributed by atoms with Crippen molar-refractivity contribution in [1.82, 2.24) is 4.31 Å². The third-order valence-electron chi connectivity index (χ3n) is 5.20. The van der Waals surface area contributed by atoms with Gasteiger partial charge in [0.2, 0.25) is 0 Å². The van der Waals surface area contributed by atoms with Gasteiger partial charge in [0.05, 0.1) is 0 Å². The van der Waals surface area contributed by atoms with Crippen molar-refractivity contribution in [3.8, 4) is 10.4 Å². The van der Waals surface area contributed by atoms with Gasteiger partial charge in [0.15, 0.2) is 5.54 Å². The zero-order valence-corrected chi connectivity index (χ0v) is 17.3. The number of amides is 2. The van der Waals surface area contributed by atoms with Crippen LogP contribution in [-0.2, 0) is 14.8 Å². The number of hydrogen-bond acceptors (Lipinski definition) is 5. The summed E-state index contributed by atoms with van der Waals surface area (Å²) in [4.78, 5) is 25.2. The van der Waals surface area contributed by atoms with E-state index in [9.17, 15) is 23.1 Å². The molecule has 1 aliphatic rings. The summed E-state index contributed by atoms with van der Waals surface area (Å²) >= 11 is 0.961. The first-order valence-corrected chi connectivity index (χ1v) is 11.3. The number of rotatable bonds is 6. The number of nitrogens with zero attached hydrogens (tertiary/aromatic N) is 1. The lowest BCUT2D eigenvalue weighted by molar-refractivity contribution is -0.142. The van der Waals surface area contributed by atoms with Crippen LogP contribution in [0.2, 0.25) is 0 Å². The Hall–Kier alpha value is -3.17. The molecule has 1 heterocycles. The summed E-state index contributed by atoms with van der Waals surface area (Å²) in [6.07, 6.45) is -0.0363. The van der Waals surface area contributed by atoms with Gasteiger partial charge in [0.25, 0.3) is 10.0 Å². The van der Waals surface area contributed by atoms with Crippen LogP contribution in [0.5, 0.6) is 0 Å². The van der Waals surface area contributed by atoms with Crippen molar-refractivity contribution in [2.24, 2.45) is 5.73 Å². The van der Waals surface area contributed by atoms with E-state index >= 15 is 0 Å². The maximum atomic E-state index is 13.4. The van der Waals surface area contributed by atoms with Gasteiger partial charge in [-0.15, -0.1) is 11.3 Å². The highest BCUT2D eigenvalue weighted by Gasteiger charge is 2.69. The van der Waals surface area contributed by atoms with Crippen LogP contribution in [0.3, 0.4) is 0 Å². The molecule has 1 fully saturated rings. The first-order chi connectivity index (χ1) is 14.3. The highest BCUT2D eigenvalue weighted by atomic mass is 32.2. The van der Waals surface area contributed by atoms with Crippen LogP contribution in [0.25, 0.3) is 10.4 Å². The molecular weight excluding hydrogens is 424 g/mol. The SMILES string of the molecule is NC(=O)N([C@]1(C(=O)O)C[C@H]1c1ccccc1)S(=O)(=O)c1ccc(-c2ccccc2)s1. The van der Waals surface area contributed by atoms with Crippen LogP contribution in [0.4, 0.5) is 4.79 Å². The van der Waals surface area contributed by atoms with Crippen molar-refractivity contribution < 1.29 is 23.1 Å². The van der Waals surface area contributed by atoms with E-state index in [1.54, 1.807) is 36.4 Å². The monoisotopic (exact) mass is 442 g/mol. The molecule has 1 aromatic heterocycles. The second kappa shape index (κ2) is 7.26. The quantitative estimate of drug-likeness (QED) is 0.606. The van der Waals surface area contributed by atoms with Crippen molar-refractivity contribution >= 4 is 33.4 Å². The molecule has 7 nitrogen and oxygen atoms in total. The largest absolute Gasteiger partial charge is 0.479 e. The van der Waals surface area contributed by atoms with E-state index < -0.39 is 33.5 Å². The Bertz CT molecular complexity index is 1210. The van der Waals surface area contributed by atoms with Crippen LogP contribution in [-0.4, -0.2) is 35.4 Å². The van der Waals surface area contributed by atoms with Gasteiger partial charge in [0.1, 0.15) is 4.21 Å². The van der Waals surface area contributed by atoms with Crippen molar-refractivity contribution in [3.05, 3.63) is 78.4 Å². The average molecular weight is 443 g/mol. The number of carbonyl (C=O) groups excluding carboxylic acids is 1. The number of sulfonamides is 1. The predicted molar refractivity (Wildman–Crippen MR) is 113 cm³/mol. The summed E-state index contributed by atoms with van der Waals surface area (Å²) in [5.41, 5.74) is 4.94. The zero-order valence-electron chi connectivity index (χ0n) is 15.6. The molecule has 1 aliphatic carbocycles. The number of hydrogen-bond donors (Lipinski definition) is 2. The van der Waals surface area contributed by atoms with Crippen LogP contribution < -0.4 is 5.73 Å². The number of aliphatic carboxylic acids is 1. The molecule has 0 saturated heterocycles. The fourth-order valence-electron chi connectivity index (χ4n) is 3.71. The fraction of sp³-hybridized carbons (Fsp3) is 0.143. The molecule has 1 saturated carbocycles. The van der Waals surface area contributed by atoms with Crippen molar-refractivity contribution in [2.45, 2.75) is 22.1 Å². The van der Waals surface area contributed by atoms with Gasteiger partial charge in [-0.25, -0.2) is 18.0 Å². The van der Waals surface area contributed by atoms with E-state index in [0.717, 1.165) is 16.9 Å². The lowest BCUT2D eigenvalue weighted by Gasteiger charge is -2.27. The molecular formula is C21H18N2O5S2. The van der Waals surface area contributed by atoms with Crippen LogP contribution in [0.15, 0.2) is 77.0 Å².